The fourth-order valence-corrected chi connectivity index (χ4v) is 8.66. The quantitative estimate of drug-likeness (QED) is 0.0576. The van der Waals surface area contributed by atoms with E-state index in [1.54, 1.807) is 0 Å². The van der Waals surface area contributed by atoms with E-state index in [9.17, 15) is 0 Å². The first-order valence-electron chi connectivity index (χ1n) is 25.0. The van der Waals surface area contributed by atoms with Gasteiger partial charge in [0.05, 0.1) is 0 Å². The Kier molecular flexibility index (Phi) is 39.4. The Labute approximate surface area is 330 Å². The maximum Gasteiger partial charge on any atom is 0.101 e. The lowest BCUT2D eigenvalue weighted by molar-refractivity contribution is 0.135. The number of nitrogens with zero attached hydrogens (tertiary/aromatic N) is 2. The van der Waals surface area contributed by atoms with Crippen LogP contribution in [0.2, 0.25) is 0 Å². The van der Waals surface area contributed by atoms with Gasteiger partial charge < -0.3 is 9.80 Å². The van der Waals surface area contributed by atoms with Crippen LogP contribution in [0.25, 0.3) is 0 Å². The first-order valence-corrected chi connectivity index (χ1v) is 25.0. The summed E-state index contributed by atoms with van der Waals surface area (Å²) in [6.45, 7) is 9.49. The molecule has 0 saturated heterocycles. The Morgan fingerprint density at radius 3 is 0.673 bits per heavy atom. The van der Waals surface area contributed by atoms with Crippen LogP contribution in [-0.4, -0.2) is 29.1 Å². The molecule has 0 radical (unpaired) electrons. The first-order chi connectivity index (χ1) is 25.8. The molecule has 0 aromatic carbocycles. The van der Waals surface area contributed by atoms with Crippen molar-refractivity contribution in [2.45, 2.75) is 297 Å². The van der Waals surface area contributed by atoms with Crippen LogP contribution in [0.4, 0.5) is 0 Å². The third kappa shape index (κ3) is 32.7. The highest BCUT2D eigenvalue weighted by molar-refractivity contribution is 4.97. The van der Waals surface area contributed by atoms with E-state index in [1.165, 1.54) is 283 Å². The van der Waals surface area contributed by atoms with Crippen LogP contribution in [-0.2, 0) is 0 Å². The van der Waals surface area contributed by atoms with Gasteiger partial charge in [0.25, 0.3) is 0 Å². The molecular weight excluding hydrogens is 629 g/mol. The predicted molar refractivity (Wildman–Crippen MR) is 237 cm³/mol. The summed E-state index contributed by atoms with van der Waals surface area (Å²) in [5.74, 6) is 0. The van der Waals surface area contributed by atoms with Gasteiger partial charge in [-0.05, 0) is 25.7 Å². The van der Waals surface area contributed by atoms with Gasteiger partial charge in [-0.2, -0.15) is 0 Å². The Hall–Kier alpha value is -0.660. The summed E-state index contributed by atoms with van der Waals surface area (Å²) in [7, 11) is 0. The molecule has 1 aliphatic heterocycles. The summed E-state index contributed by atoms with van der Waals surface area (Å²) in [4.78, 5) is 5.48. The third-order valence-corrected chi connectivity index (χ3v) is 12.3. The number of hydrogen-bond donors (Lipinski definition) is 0. The highest BCUT2D eigenvalue weighted by Crippen LogP contribution is 2.24. The topological polar surface area (TPSA) is 6.48 Å². The van der Waals surface area contributed by atoms with E-state index in [-0.39, 0.29) is 0 Å². The standard InChI is InChI=1S/C50H100N2/c1-4-7-10-13-16-19-22-25-26-27-30-33-36-39-42-45-50-51(46-43-40-37-34-31-28-23-20-17-14-11-8-5-2)48-49-52(50)47-44-41-38-35-32-29-24-21-18-15-12-9-6-3/h48-50H,4-47H2,1-3H3. The van der Waals surface area contributed by atoms with Gasteiger partial charge in [-0.1, -0.05) is 265 Å². The lowest BCUT2D eigenvalue weighted by Crippen LogP contribution is -2.39. The molecule has 1 aliphatic rings. The number of rotatable bonds is 44. The molecule has 2 heteroatoms. The second-order valence-electron chi connectivity index (χ2n) is 17.5. The Bertz CT molecular complexity index is 648. The average Bonchev–Trinajstić information content (AvgIpc) is 3.54. The van der Waals surface area contributed by atoms with Crippen LogP contribution in [0, 0.1) is 0 Å². The molecule has 0 unspecified atom stereocenters. The number of hydrogen-bond acceptors (Lipinski definition) is 2. The maximum atomic E-state index is 2.74. The van der Waals surface area contributed by atoms with Crippen LogP contribution in [0.1, 0.15) is 290 Å². The van der Waals surface area contributed by atoms with Crippen molar-refractivity contribution in [1.29, 1.82) is 0 Å². The largest absolute Gasteiger partial charge is 0.356 e. The zero-order valence-corrected chi connectivity index (χ0v) is 36.7. The van der Waals surface area contributed by atoms with Crippen molar-refractivity contribution in [2.24, 2.45) is 0 Å². The fraction of sp³-hybridized carbons (Fsp3) is 0.960. The summed E-state index contributed by atoms with van der Waals surface area (Å²) in [6.07, 6.45) is 66.4. The van der Waals surface area contributed by atoms with Crippen molar-refractivity contribution < 1.29 is 0 Å². The van der Waals surface area contributed by atoms with Crippen LogP contribution in [0.3, 0.4) is 0 Å². The average molecular weight is 729 g/mol. The van der Waals surface area contributed by atoms with Crippen LogP contribution in [0.5, 0.6) is 0 Å². The summed E-state index contributed by atoms with van der Waals surface area (Å²) in [6, 6.07) is 0. The van der Waals surface area contributed by atoms with Crippen LogP contribution in [0.15, 0.2) is 12.4 Å². The fourth-order valence-electron chi connectivity index (χ4n) is 8.66. The molecule has 2 nitrogen and oxygen atoms in total. The second-order valence-corrected chi connectivity index (χ2v) is 17.5. The third-order valence-electron chi connectivity index (χ3n) is 12.3. The van der Waals surface area contributed by atoms with E-state index in [0.29, 0.717) is 6.17 Å². The zero-order valence-electron chi connectivity index (χ0n) is 36.7. The molecule has 0 amide bonds. The minimum atomic E-state index is 0.636. The minimum absolute atomic E-state index is 0.636. The summed E-state index contributed by atoms with van der Waals surface area (Å²) in [5.41, 5.74) is 0. The van der Waals surface area contributed by atoms with Gasteiger partial charge in [-0.3, -0.25) is 0 Å². The Balaban J connectivity index is 2.20. The van der Waals surface area contributed by atoms with Crippen molar-refractivity contribution in [2.75, 3.05) is 13.1 Å². The highest BCUT2D eigenvalue weighted by Gasteiger charge is 2.24. The molecule has 0 aliphatic carbocycles. The lowest BCUT2D eigenvalue weighted by Gasteiger charge is -2.33. The Morgan fingerprint density at radius 2 is 0.442 bits per heavy atom. The van der Waals surface area contributed by atoms with E-state index in [2.05, 4.69) is 43.0 Å². The number of unbranched alkanes of at least 4 members (excludes halogenated alkanes) is 38. The predicted octanol–water partition coefficient (Wildman–Crippen LogP) is 17.8. The van der Waals surface area contributed by atoms with Gasteiger partial charge in [0.15, 0.2) is 0 Å². The molecule has 0 fully saturated rings. The van der Waals surface area contributed by atoms with Gasteiger partial charge in [-0.25, -0.2) is 0 Å². The molecule has 1 heterocycles. The van der Waals surface area contributed by atoms with Gasteiger partial charge in [0.2, 0.25) is 0 Å². The van der Waals surface area contributed by atoms with Gasteiger partial charge in [0.1, 0.15) is 6.17 Å². The van der Waals surface area contributed by atoms with Gasteiger partial charge in [0, 0.05) is 25.5 Å². The SMILES string of the molecule is CCCCCCCCCCCCCCCCCC1N(CCCCCCCCCCCCCCC)C=CN1CCCCCCCCCCCCCCC. The van der Waals surface area contributed by atoms with E-state index in [4.69, 9.17) is 0 Å². The second kappa shape index (κ2) is 41.5. The summed E-state index contributed by atoms with van der Waals surface area (Å²) in [5, 5.41) is 0. The van der Waals surface area contributed by atoms with E-state index >= 15 is 0 Å². The monoisotopic (exact) mass is 729 g/mol. The van der Waals surface area contributed by atoms with Crippen LogP contribution < -0.4 is 0 Å². The Morgan fingerprint density at radius 1 is 0.250 bits per heavy atom. The molecule has 0 bridgehead atoms. The van der Waals surface area contributed by atoms with Crippen molar-refractivity contribution in [1.82, 2.24) is 9.80 Å². The van der Waals surface area contributed by atoms with Crippen molar-refractivity contribution in [3.8, 4) is 0 Å². The van der Waals surface area contributed by atoms with E-state index in [0.717, 1.165) is 0 Å². The summed E-state index contributed by atoms with van der Waals surface area (Å²) >= 11 is 0. The molecule has 0 spiro atoms. The molecular formula is C50H100N2. The maximum absolute atomic E-state index is 2.74. The molecule has 0 N–H and O–H groups in total. The normalized spacial score (nSPS) is 13.4. The van der Waals surface area contributed by atoms with E-state index < -0.39 is 0 Å². The minimum Gasteiger partial charge on any atom is -0.356 e. The zero-order chi connectivity index (χ0) is 37.3. The highest BCUT2D eigenvalue weighted by atomic mass is 15.4. The molecule has 0 atom stereocenters. The smallest absolute Gasteiger partial charge is 0.101 e. The molecule has 310 valence electrons. The summed E-state index contributed by atoms with van der Waals surface area (Å²) < 4.78 is 0. The van der Waals surface area contributed by atoms with Crippen molar-refractivity contribution >= 4 is 0 Å². The van der Waals surface area contributed by atoms with Crippen molar-refractivity contribution in [3.05, 3.63) is 12.4 Å². The lowest BCUT2D eigenvalue weighted by atomic mass is 10.0. The van der Waals surface area contributed by atoms with Gasteiger partial charge in [-0.15, -0.1) is 0 Å². The first kappa shape index (κ1) is 49.4. The van der Waals surface area contributed by atoms with E-state index in [1.807, 2.05) is 0 Å². The molecule has 52 heavy (non-hydrogen) atoms. The van der Waals surface area contributed by atoms with Crippen molar-refractivity contribution in [3.63, 3.8) is 0 Å². The molecule has 0 aromatic heterocycles. The molecule has 0 aromatic rings. The molecule has 0 saturated carbocycles. The van der Waals surface area contributed by atoms with Crippen LogP contribution >= 0.6 is 0 Å². The van der Waals surface area contributed by atoms with Gasteiger partial charge >= 0.3 is 0 Å². The molecule has 1 rings (SSSR count).